The van der Waals surface area contributed by atoms with Crippen LogP contribution in [0, 0.1) is 12.7 Å². The topological polar surface area (TPSA) is 55.3 Å². The van der Waals surface area contributed by atoms with Crippen LogP contribution in [-0.2, 0) is 18.0 Å². The number of aliphatic hydroxyl groups is 1. The Hall–Kier alpha value is -0.620. The monoisotopic (exact) mass is 287 g/mol. The third-order valence-electron chi connectivity index (χ3n) is 2.93. The third-order valence-corrected chi connectivity index (χ3v) is 4.61. The molecule has 0 saturated heterocycles. The van der Waals surface area contributed by atoms with Gasteiger partial charge in [-0.25, -0.2) is 4.39 Å². The van der Waals surface area contributed by atoms with E-state index in [-0.39, 0.29) is 18.5 Å². The van der Waals surface area contributed by atoms with Gasteiger partial charge in [0, 0.05) is 16.9 Å². The number of aryl methyl sites for hydroxylation is 1. The van der Waals surface area contributed by atoms with Crippen LogP contribution in [-0.4, -0.2) is 14.4 Å². The summed E-state index contributed by atoms with van der Waals surface area (Å²) in [5.74, 6) is -0.388. The molecule has 1 aromatic carbocycles. The minimum absolute atomic E-state index is 0.182. The predicted octanol–water partition coefficient (Wildman–Crippen LogP) is 2.74. The molecule has 19 heavy (non-hydrogen) atoms. The first-order valence-electron chi connectivity index (χ1n) is 6.24. The lowest BCUT2D eigenvalue weighted by Gasteiger charge is -2.27. The van der Waals surface area contributed by atoms with Crippen molar-refractivity contribution >= 4 is 11.4 Å². The van der Waals surface area contributed by atoms with Gasteiger partial charge in [0.2, 0.25) is 0 Å². The molecule has 1 aromatic rings. The van der Waals surface area contributed by atoms with Gasteiger partial charge in [-0.3, -0.25) is 0 Å². The van der Waals surface area contributed by atoms with E-state index in [9.17, 15) is 8.94 Å². The van der Waals surface area contributed by atoms with Gasteiger partial charge in [-0.05, 0) is 51.8 Å². The molecule has 108 valence electrons. The SMILES string of the molecule is Cc1cc(C(C)N[S+]([O-])C(C)(C)C)c(F)cc1CO. The highest BCUT2D eigenvalue weighted by Gasteiger charge is 2.29. The largest absolute Gasteiger partial charge is 0.598 e. The second-order valence-corrected chi connectivity index (χ2v) is 7.68. The van der Waals surface area contributed by atoms with Crippen LogP contribution < -0.4 is 4.72 Å². The number of hydrogen-bond donors (Lipinski definition) is 2. The smallest absolute Gasteiger partial charge is 0.136 e. The third kappa shape index (κ3) is 4.18. The van der Waals surface area contributed by atoms with E-state index in [1.807, 2.05) is 27.7 Å². The van der Waals surface area contributed by atoms with Crippen molar-refractivity contribution in [2.45, 2.75) is 52.0 Å². The van der Waals surface area contributed by atoms with Crippen molar-refractivity contribution in [1.82, 2.24) is 4.72 Å². The van der Waals surface area contributed by atoms with Crippen LogP contribution in [0.2, 0.25) is 0 Å². The molecule has 0 saturated carbocycles. The predicted molar refractivity (Wildman–Crippen MR) is 76.5 cm³/mol. The molecule has 2 unspecified atom stereocenters. The Bertz CT molecular complexity index is 446. The van der Waals surface area contributed by atoms with Crippen molar-refractivity contribution in [2.24, 2.45) is 0 Å². The first kappa shape index (κ1) is 16.4. The summed E-state index contributed by atoms with van der Waals surface area (Å²) in [6.45, 7) is 9.00. The van der Waals surface area contributed by atoms with Crippen molar-refractivity contribution in [1.29, 1.82) is 0 Å². The summed E-state index contributed by atoms with van der Waals surface area (Å²) in [5.41, 5.74) is 1.87. The molecule has 2 atom stereocenters. The van der Waals surface area contributed by atoms with E-state index in [0.717, 1.165) is 5.56 Å². The van der Waals surface area contributed by atoms with E-state index in [1.54, 1.807) is 13.0 Å². The van der Waals surface area contributed by atoms with Gasteiger partial charge in [0.25, 0.3) is 0 Å². The lowest BCUT2D eigenvalue weighted by atomic mass is 10.0. The van der Waals surface area contributed by atoms with Gasteiger partial charge in [0.1, 0.15) is 10.6 Å². The Labute approximate surface area is 117 Å². The lowest BCUT2D eigenvalue weighted by Crippen LogP contribution is -2.40. The zero-order valence-electron chi connectivity index (χ0n) is 12.1. The van der Waals surface area contributed by atoms with Crippen LogP contribution >= 0.6 is 0 Å². The van der Waals surface area contributed by atoms with Gasteiger partial charge in [0.05, 0.1) is 12.6 Å². The van der Waals surface area contributed by atoms with Gasteiger partial charge < -0.3 is 9.66 Å². The van der Waals surface area contributed by atoms with E-state index in [0.29, 0.717) is 11.1 Å². The zero-order valence-corrected chi connectivity index (χ0v) is 12.9. The highest BCUT2D eigenvalue weighted by molar-refractivity contribution is 7.90. The summed E-state index contributed by atoms with van der Waals surface area (Å²) in [6, 6.07) is 2.67. The van der Waals surface area contributed by atoms with Crippen LogP contribution in [0.15, 0.2) is 12.1 Å². The Kier molecular flexibility index (Phi) is 5.38. The number of rotatable bonds is 4. The van der Waals surface area contributed by atoms with E-state index in [2.05, 4.69) is 4.72 Å². The summed E-state index contributed by atoms with van der Waals surface area (Å²) in [6.07, 6.45) is 0. The zero-order chi connectivity index (χ0) is 14.8. The van der Waals surface area contributed by atoms with Gasteiger partial charge >= 0.3 is 0 Å². The number of halogens is 1. The fraction of sp³-hybridized carbons (Fsp3) is 0.571. The number of nitrogens with one attached hydrogen (secondary N) is 1. The normalized spacial score (nSPS) is 15.4. The Morgan fingerprint density at radius 1 is 1.42 bits per heavy atom. The lowest BCUT2D eigenvalue weighted by molar-refractivity contribution is 0.280. The molecule has 0 aliphatic rings. The molecule has 0 heterocycles. The van der Waals surface area contributed by atoms with Crippen LogP contribution in [0.5, 0.6) is 0 Å². The van der Waals surface area contributed by atoms with Gasteiger partial charge in [0.15, 0.2) is 0 Å². The second-order valence-electron chi connectivity index (χ2n) is 5.68. The van der Waals surface area contributed by atoms with Crippen molar-refractivity contribution in [3.8, 4) is 0 Å². The first-order valence-corrected chi connectivity index (χ1v) is 7.39. The summed E-state index contributed by atoms with van der Waals surface area (Å²) in [7, 11) is 0. The van der Waals surface area contributed by atoms with E-state index in [1.165, 1.54) is 6.07 Å². The molecule has 1 rings (SSSR count). The molecule has 0 bridgehead atoms. The van der Waals surface area contributed by atoms with Crippen molar-refractivity contribution in [3.05, 3.63) is 34.6 Å². The maximum absolute atomic E-state index is 14.0. The fourth-order valence-electron chi connectivity index (χ4n) is 1.65. The molecule has 0 aromatic heterocycles. The van der Waals surface area contributed by atoms with Crippen molar-refractivity contribution < 1.29 is 14.0 Å². The number of aliphatic hydroxyl groups excluding tert-OH is 1. The molecule has 5 heteroatoms. The minimum Gasteiger partial charge on any atom is -0.598 e. The summed E-state index contributed by atoms with van der Waals surface area (Å²) in [4.78, 5) is 0. The van der Waals surface area contributed by atoms with Crippen LogP contribution in [0.4, 0.5) is 4.39 Å². The van der Waals surface area contributed by atoms with E-state index < -0.39 is 16.1 Å². The average Bonchev–Trinajstić information content (AvgIpc) is 2.30. The number of hydrogen-bond acceptors (Lipinski definition) is 3. The first-order chi connectivity index (χ1) is 8.66. The standard InChI is InChI=1S/C14H22FNO2S/c1-9-6-12(13(15)7-11(9)8-17)10(2)16-19(18)14(3,4)5/h6-7,10,16-17H,8H2,1-5H3. The highest BCUT2D eigenvalue weighted by atomic mass is 32.2. The molecule has 0 aliphatic heterocycles. The Morgan fingerprint density at radius 2 is 2.00 bits per heavy atom. The van der Waals surface area contributed by atoms with Gasteiger partial charge in [-0.15, -0.1) is 4.72 Å². The van der Waals surface area contributed by atoms with Crippen molar-refractivity contribution in [3.63, 3.8) is 0 Å². The molecule has 0 amide bonds. The molecular weight excluding hydrogens is 265 g/mol. The average molecular weight is 287 g/mol. The molecular formula is C14H22FNO2S. The summed E-state index contributed by atoms with van der Waals surface area (Å²) < 4.78 is 28.5. The minimum atomic E-state index is -1.26. The highest BCUT2D eigenvalue weighted by Crippen LogP contribution is 2.24. The van der Waals surface area contributed by atoms with Crippen LogP contribution in [0.1, 0.15) is 50.4 Å². The van der Waals surface area contributed by atoms with E-state index >= 15 is 0 Å². The quantitative estimate of drug-likeness (QED) is 0.837. The molecule has 0 aliphatic carbocycles. The maximum Gasteiger partial charge on any atom is 0.136 e. The summed E-state index contributed by atoms with van der Waals surface area (Å²) in [5, 5.41) is 9.09. The van der Waals surface area contributed by atoms with E-state index in [4.69, 9.17) is 5.11 Å². The maximum atomic E-state index is 14.0. The summed E-state index contributed by atoms with van der Waals surface area (Å²) >= 11 is -1.26. The van der Waals surface area contributed by atoms with Crippen LogP contribution in [0.3, 0.4) is 0 Å². The van der Waals surface area contributed by atoms with Crippen molar-refractivity contribution in [2.75, 3.05) is 0 Å². The Morgan fingerprint density at radius 3 is 2.47 bits per heavy atom. The molecule has 3 nitrogen and oxygen atoms in total. The Balaban J connectivity index is 2.94. The fourth-order valence-corrected chi connectivity index (χ4v) is 2.45. The molecule has 0 fully saturated rings. The van der Waals surface area contributed by atoms with Gasteiger partial charge in [-0.1, -0.05) is 6.07 Å². The molecule has 0 spiro atoms. The number of benzene rings is 1. The van der Waals surface area contributed by atoms with Gasteiger partial charge in [-0.2, -0.15) is 0 Å². The van der Waals surface area contributed by atoms with Crippen LogP contribution in [0.25, 0.3) is 0 Å². The second kappa shape index (κ2) is 6.22. The molecule has 0 radical (unpaired) electrons. The molecule has 2 N–H and O–H groups in total.